The average molecular weight is 421 g/mol. The number of ketones is 1. The van der Waals surface area contributed by atoms with Crippen LogP contribution in [0.3, 0.4) is 0 Å². The minimum atomic E-state index is -0.395. The highest BCUT2D eigenvalue weighted by molar-refractivity contribution is 6.10. The van der Waals surface area contributed by atoms with Crippen LogP contribution >= 0.6 is 0 Å². The predicted molar refractivity (Wildman–Crippen MR) is 117 cm³/mol. The van der Waals surface area contributed by atoms with Crippen LogP contribution in [0.1, 0.15) is 15.9 Å². The minimum Gasteiger partial charge on any atom is -0.497 e. The van der Waals surface area contributed by atoms with E-state index < -0.39 is 5.91 Å². The minimum absolute atomic E-state index is 0.210. The summed E-state index contributed by atoms with van der Waals surface area (Å²) in [5.41, 5.74) is 1.38. The first kappa shape index (κ1) is 21.7. The first-order chi connectivity index (χ1) is 15.0. The fourth-order valence-electron chi connectivity index (χ4n) is 2.94. The van der Waals surface area contributed by atoms with Crippen LogP contribution in [0.15, 0.2) is 66.7 Å². The summed E-state index contributed by atoms with van der Waals surface area (Å²) >= 11 is 0. The Hall–Kier alpha value is -4.00. The van der Waals surface area contributed by atoms with Crippen LogP contribution in [0.25, 0.3) is 0 Å². The molecule has 3 aromatic rings. The van der Waals surface area contributed by atoms with Gasteiger partial charge in [-0.1, -0.05) is 30.3 Å². The SMILES string of the molecule is COc1ccc(C(=O)c2ccccc2)c(OCC(=O)Nc2ccc(OC)c(OC)c2)c1. The highest BCUT2D eigenvalue weighted by Gasteiger charge is 2.17. The monoisotopic (exact) mass is 421 g/mol. The zero-order valence-corrected chi connectivity index (χ0v) is 17.5. The number of rotatable bonds is 9. The van der Waals surface area contributed by atoms with Crippen molar-refractivity contribution in [2.45, 2.75) is 0 Å². The fraction of sp³-hybridized carbons (Fsp3) is 0.167. The van der Waals surface area contributed by atoms with Crippen LogP contribution in [0.2, 0.25) is 0 Å². The Labute approximate surface area is 180 Å². The summed E-state index contributed by atoms with van der Waals surface area (Å²) in [6, 6.07) is 18.8. The largest absolute Gasteiger partial charge is 0.497 e. The van der Waals surface area contributed by atoms with Crippen molar-refractivity contribution in [3.63, 3.8) is 0 Å². The molecule has 0 saturated heterocycles. The van der Waals surface area contributed by atoms with Gasteiger partial charge in [0.25, 0.3) is 5.91 Å². The Morgan fingerprint density at radius 3 is 2.19 bits per heavy atom. The molecule has 0 fully saturated rings. The number of ether oxygens (including phenoxy) is 4. The molecule has 0 aliphatic heterocycles. The van der Waals surface area contributed by atoms with Crippen molar-refractivity contribution in [1.29, 1.82) is 0 Å². The van der Waals surface area contributed by atoms with E-state index in [-0.39, 0.29) is 18.1 Å². The molecule has 3 rings (SSSR count). The number of anilines is 1. The Bertz CT molecular complexity index is 1060. The quantitative estimate of drug-likeness (QED) is 0.527. The van der Waals surface area contributed by atoms with Gasteiger partial charge in [-0.3, -0.25) is 9.59 Å². The molecule has 1 N–H and O–H groups in total. The molecule has 7 heteroatoms. The molecule has 0 radical (unpaired) electrons. The van der Waals surface area contributed by atoms with Crippen molar-refractivity contribution in [2.24, 2.45) is 0 Å². The molecular formula is C24H23NO6. The maximum atomic E-state index is 12.9. The van der Waals surface area contributed by atoms with Gasteiger partial charge < -0.3 is 24.3 Å². The van der Waals surface area contributed by atoms with Crippen LogP contribution < -0.4 is 24.3 Å². The molecule has 1 amide bonds. The summed E-state index contributed by atoms with van der Waals surface area (Å²) < 4.78 is 21.3. The van der Waals surface area contributed by atoms with Crippen molar-refractivity contribution in [1.82, 2.24) is 0 Å². The Kier molecular flexibility index (Phi) is 7.11. The summed E-state index contributed by atoms with van der Waals surface area (Å²) in [7, 11) is 4.56. The summed E-state index contributed by atoms with van der Waals surface area (Å²) in [5, 5.41) is 2.73. The molecule has 0 aromatic heterocycles. The number of nitrogens with one attached hydrogen (secondary N) is 1. The maximum Gasteiger partial charge on any atom is 0.262 e. The molecule has 7 nitrogen and oxygen atoms in total. The number of amides is 1. The molecule has 31 heavy (non-hydrogen) atoms. The number of methoxy groups -OCH3 is 3. The van der Waals surface area contributed by atoms with Crippen molar-refractivity contribution in [2.75, 3.05) is 33.3 Å². The number of hydrogen-bond donors (Lipinski definition) is 1. The number of hydrogen-bond acceptors (Lipinski definition) is 6. The third kappa shape index (κ3) is 5.33. The van der Waals surface area contributed by atoms with Gasteiger partial charge in [0.15, 0.2) is 23.9 Å². The molecule has 160 valence electrons. The molecular weight excluding hydrogens is 398 g/mol. The lowest BCUT2D eigenvalue weighted by Crippen LogP contribution is -2.21. The van der Waals surface area contributed by atoms with Crippen molar-refractivity contribution >= 4 is 17.4 Å². The van der Waals surface area contributed by atoms with E-state index in [9.17, 15) is 9.59 Å². The van der Waals surface area contributed by atoms with Crippen LogP contribution in [-0.2, 0) is 4.79 Å². The second-order valence-corrected chi connectivity index (χ2v) is 6.46. The highest BCUT2D eigenvalue weighted by atomic mass is 16.5. The van der Waals surface area contributed by atoms with Crippen molar-refractivity contribution < 1.29 is 28.5 Å². The van der Waals surface area contributed by atoms with Gasteiger partial charge >= 0.3 is 0 Å². The Balaban J connectivity index is 1.74. The second kappa shape index (κ2) is 10.2. The van der Waals surface area contributed by atoms with Gasteiger partial charge in [-0.25, -0.2) is 0 Å². The molecule has 0 bridgehead atoms. The third-order valence-corrected chi connectivity index (χ3v) is 4.50. The molecule has 0 atom stereocenters. The van der Waals surface area contributed by atoms with E-state index in [2.05, 4.69) is 5.32 Å². The van der Waals surface area contributed by atoms with Crippen LogP contribution in [-0.4, -0.2) is 39.6 Å². The van der Waals surface area contributed by atoms with E-state index in [1.54, 1.807) is 60.7 Å². The van der Waals surface area contributed by atoms with Crippen LogP contribution in [0.4, 0.5) is 5.69 Å². The van der Waals surface area contributed by atoms with E-state index in [0.717, 1.165) is 0 Å². The topological polar surface area (TPSA) is 83.1 Å². The lowest BCUT2D eigenvalue weighted by Gasteiger charge is -2.13. The van der Waals surface area contributed by atoms with E-state index in [4.69, 9.17) is 18.9 Å². The van der Waals surface area contributed by atoms with Crippen LogP contribution in [0.5, 0.6) is 23.0 Å². The van der Waals surface area contributed by atoms with E-state index >= 15 is 0 Å². The zero-order valence-electron chi connectivity index (χ0n) is 17.5. The van der Waals surface area contributed by atoms with Gasteiger partial charge in [0.05, 0.1) is 26.9 Å². The second-order valence-electron chi connectivity index (χ2n) is 6.46. The van der Waals surface area contributed by atoms with Gasteiger partial charge in [0, 0.05) is 23.4 Å². The molecule has 0 spiro atoms. The first-order valence-corrected chi connectivity index (χ1v) is 9.48. The lowest BCUT2D eigenvalue weighted by atomic mass is 10.0. The van der Waals surface area contributed by atoms with Crippen LogP contribution in [0, 0.1) is 0 Å². The molecule has 0 saturated carbocycles. The first-order valence-electron chi connectivity index (χ1n) is 9.48. The molecule has 3 aromatic carbocycles. The molecule has 0 unspecified atom stereocenters. The number of benzene rings is 3. The molecule has 0 aliphatic rings. The lowest BCUT2D eigenvalue weighted by molar-refractivity contribution is -0.118. The normalized spacial score (nSPS) is 10.2. The third-order valence-electron chi connectivity index (χ3n) is 4.50. The average Bonchev–Trinajstić information content (AvgIpc) is 2.82. The van der Waals surface area contributed by atoms with E-state index in [1.165, 1.54) is 21.3 Å². The van der Waals surface area contributed by atoms with Gasteiger partial charge in [-0.15, -0.1) is 0 Å². The van der Waals surface area contributed by atoms with E-state index in [1.807, 2.05) is 6.07 Å². The van der Waals surface area contributed by atoms with Gasteiger partial charge in [-0.2, -0.15) is 0 Å². The van der Waals surface area contributed by atoms with E-state index in [0.29, 0.717) is 34.1 Å². The Morgan fingerprint density at radius 1 is 0.774 bits per heavy atom. The number of carbonyl (C=O) groups excluding carboxylic acids is 2. The highest BCUT2D eigenvalue weighted by Crippen LogP contribution is 2.30. The summed E-state index contributed by atoms with van der Waals surface area (Å²) in [4.78, 5) is 25.3. The van der Waals surface area contributed by atoms with Crippen molar-refractivity contribution in [3.8, 4) is 23.0 Å². The van der Waals surface area contributed by atoms with Gasteiger partial charge in [0.1, 0.15) is 11.5 Å². The smallest absolute Gasteiger partial charge is 0.262 e. The zero-order chi connectivity index (χ0) is 22.2. The summed E-state index contributed by atoms with van der Waals surface area (Å²) in [6.07, 6.45) is 0. The summed E-state index contributed by atoms with van der Waals surface area (Å²) in [6.45, 7) is -0.295. The molecule has 0 aliphatic carbocycles. The Morgan fingerprint density at radius 2 is 1.52 bits per heavy atom. The maximum absolute atomic E-state index is 12.9. The number of carbonyl (C=O) groups is 2. The fourth-order valence-corrected chi connectivity index (χ4v) is 2.94. The predicted octanol–water partition coefficient (Wildman–Crippen LogP) is 3.96. The molecule has 0 heterocycles. The summed E-state index contributed by atoms with van der Waals surface area (Å²) in [5.74, 6) is 1.21. The van der Waals surface area contributed by atoms with Gasteiger partial charge in [0.2, 0.25) is 0 Å². The van der Waals surface area contributed by atoms with Crippen molar-refractivity contribution in [3.05, 3.63) is 77.9 Å². The standard InChI is InChI=1S/C24H23NO6/c1-28-18-10-11-19(24(27)16-7-5-4-6-8-16)21(14-18)31-15-23(26)25-17-9-12-20(29-2)22(13-17)30-3/h4-14H,15H2,1-3H3,(H,25,26). The van der Waals surface area contributed by atoms with Gasteiger partial charge in [-0.05, 0) is 24.3 Å².